The minimum Gasteiger partial charge on any atom is -0.370 e. The van der Waals surface area contributed by atoms with Crippen molar-refractivity contribution in [2.45, 2.75) is 34.6 Å². The highest BCUT2D eigenvalue weighted by Crippen LogP contribution is 2.25. The minimum atomic E-state index is 0.502. The van der Waals surface area contributed by atoms with Crippen molar-refractivity contribution in [3.63, 3.8) is 0 Å². The normalized spacial score (nSPS) is 10.8. The van der Waals surface area contributed by atoms with Gasteiger partial charge in [0.1, 0.15) is 0 Å². The summed E-state index contributed by atoms with van der Waals surface area (Å²) >= 11 is 0. The topological polar surface area (TPSA) is 50.4 Å². The van der Waals surface area contributed by atoms with Crippen molar-refractivity contribution >= 4 is 11.5 Å². The number of nitrogens with two attached hydrogens (primary N) is 1. The highest BCUT2D eigenvalue weighted by atomic mass is 15.1. The molecule has 136 valence electrons. The molecule has 0 aliphatic heterocycles. The molecule has 2 aromatic carbocycles. The van der Waals surface area contributed by atoms with Crippen LogP contribution in [0.2, 0.25) is 0 Å². The molecule has 0 aromatic heterocycles. The highest BCUT2D eigenvalue weighted by Gasteiger charge is 2.05. The molecule has 0 spiro atoms. The lowest BCUT2D eigenvalue weighted by atomic mass is 9.94. The molecule has 0 radical (unpaired) electrons. The van der Waals surface area contributed by atoms with Crippen LogP contribution in [-0.4, -0.2) is 19.6 Å². The number of aliphatic imine (C=N–C) groups is 1. The van der Waals surface area contributed by atoms with E-state index in [1.165, 1.54) is 22.3 Å². The van der Waals surface area contributed by atoms with E-state index in [0.29, 0.717) is 5.96 Å². The number of guanidine groups is 1. The molecule has 0 heterocycles. The fourth-order valence-corrected chi connectivity index (χ4v) is 2.23. The summed E-state index contributed by atoms with van der Waals surface area (Å²) in [7, 11) is 1.65. The molecule has 0 unspecified atom stereocenters. The van der Waals surface area contributed by atoms with E-state index in [9.17, 15) is 0 Å². The predicted octanol–water partition coefficient (Wildman–Crippen LogP) is 5.01. The number of benzene rings is 2. The Kier molecular flexibility index (Phi) is 12.4. The van der Waals surface area contributed by atoms with E-state index in [1.54, 1.807) is 7.05 Å². The third kappa shape index (κ3) is 8.20. The van der Waals surface area contributed by atoms with Gasteiger partial charge < -0.3 is 11.1 Å². The van der Waals surface area contributed by atoms with Crippen molar-refractivity contribution in [2.75, 3.05) is 13.6 Å². The molecule has 2 aromatic rings. The molecular weight excluding hydrogens is 306 g/mol. The van der Waals surface area contributed by atoms with Crippen molar-refractivity contribution in [3.05, 3.63) is 77.4 Å². The van der Waals surface area contributed by atoms with Crippen molar-refractivity contribution in [1.82, 2.24) is 5.32 Å². The van der Waals surface area contributed by atoms with Crippen LogP contribution in [0.3, 0.4) is 0 Å². The Morgan fingerprint density at radius 3 is 2.04 bits per heavy atom. The summed E-state index contributed by atoms with van der Waals surface area (Å²) in [6, 6.07) is 19.0. The van der Waals surface area contributed by atoms with Crippen LogP contribution in [0.5, 0.6) is 0 Å². The lowest BCUT2D eigenvalue weighted by Gasteiger charge is -2.10. The van der Waals surface area contributed by atoms with Crippen molar-refractivity contribution in [3.8, 4) is 0 Å². The number of aryl methyl sites for hydroxylation is 1. The van der Waals surface area contributed by atoms with Crippen LogP contribution in [0.25, 0.3) is 5.57 Å². The van der Waals surface area contributed by atoms with Crippen molar-refractivity contribution in [2.24, 2.45) is 10.7 Å². The second-order valence-corrected chi connectivity index (χ2v) is 5.02. The van der Waals surface area contributed by atoms with Gasteiger partial charge in [-0.1, -0.05) is 74.5 Å². The van der Waals surface area contributed by atoms with Gasteiger partial charge in [0.25, 0.3) is 0 Å². The third-order valence-corrected chi connectivity index (χ3v) is 3.41. The summed E-state index contributed by atoms with van der Waals surface area (Å²) in [5, 5.41) is 2.82. The monoisotopic (exact) mass is 339 g/mol. The fraction of sp³-hybridized carbons (Fsp3) is 0.318. The molecule has 2 rings (SSSR count). The van der Waals surface area contributed by atoms with Crippen LogP contribution in [-0.2, 0) is 0 Å². The average molecular weight is 340 g/mol. The van der Waals surface area contributed by atoms with Gasteiger partial charge in [-0.2, -0.15) is 0 Å². The summed E-state index contributed by atoms with van der Waals surface area (Å²) < 4.78 is 0. The molecule has 25 heavy (non-hydrogen) atoms. The highest BCUT2D eigenvalue weighted by molar-refractivity contribution is 5.81. The second kappa shape index (κ2) is 13.8. The van der Waals surface area contributed by atoms with Gasteiger partial charge in [0.05, 0.1) is 0 Å². The Bertz CT molecular complexity index is 643. The fourth-order valence-electron chi connectivity index (χ4n) is 2.23. The van der Waals surface area contributed by atoms with Gasteiger partial charge in [-0.3, -0.25) is 4.99 Å². The van der Waals surface area contributed by atoms with Gasteiger partial charge in [-0.05, 0) is 43.0 Å². The number of hydrogen-bond acceptors (Lipinski definition) is 1. The summed E-state index contributed by atoms with van der Waals surface area (Å²) in [5.74, 6) is 0.502. The van der Waals surface area contributed by atoms with Crippen LogP contribution >= 0.6 is 0 Å². The molecule has 0 aliphatic rings. The lowest BCUT2D eigenvalue weighted by Crippen LogP contribution is -2.30. The minimum absolute atomic E-state index is 0.502. The Morgan fingerprint density at radius 1 is 1.04 bits per heavy atom. The molecule has 0 atom stereocenters. The number of rotatable bonds is 3. The average Bonchev–Trinajstić information content (AvgIpc) is 2.67. The SMILES string of the molecule is C/C=C(\c1ccccc1)c1ccccc1C.CC.CCNC(N)=NC. The van der Waals surface area contributed by atoms with Gasteiger partial charge in [0, 0.05) is 13.6 Å². The van der Waals surface area contributed by atoms with E-state index in [0.717, 1.165) is 6.54 Å². The lowest BCUT2D eigenvalue weighted by molar-refractivity contribution is 0.950. The molecule has 3 N–H and O–H groups in total. The van der Waals surface area contributed by atoms with Crippen molar-refractivity contribution in [1.29, 1.82) is 0 Å². The van der Waals surface area contributed by atoms with Gasteiger partial charge in [-0.15, -0.1) is 0 Å². The van der Waals surface area contributed by atoms with Crippen LogP contribution in [0.1, 0.15) is 44.4 Å². The number of nitrogens with one attached hydrogen (secondary N) is 1. The Morgan fingerprint density at radius 2 is 1.60 bits per heavy atom. The van der Waals surface area contributed by atoms with E-state index in [-0.39, 0.29) is 0 Å². The smallest absolute Gasteiger partial charge is 0.188 e. The Hall–Kier alpha value is -2.55. The van der Waals surface area contributed by atoms with E-state index >= 15 is 0 Å². The maximum atomic E-state index is 5.22. The first-order valence-corrected chi connectivity index (χ1v) is 8.87. The third-order valence-electron chi connectivity index (χ3n) is 3.41. The Balaban J connectivity index is 0.000000544. The summed E-state index contributed by atoms with van der Waals surface area (Å²) in [6.07, 6.45) is 2.18. The number of nitrogens with zero attached hydrogens (tertiary/aromatic N) is 1. The van der Waals surface area contributed by atoms with Gasteiger partial charge in [0.15, 0.2) is 5.96 Å². The first kappa shape index (κ1) is 22.4. The molecule has 3 heteroatoms. The number of hydrogen-bond donors (Lipinski definition) is 2. The standard InChI is InChI=1S/C16H16.C4H11N3.C2H6/c1-3-15(14-10-5-4-6-11-14)16-12-8-7-9-13(16)2;1-3-7-4(5)6-2;1-2/h3-12H,1-2H3;3H2,1-2H3,(H3,5,6,7);1-2H3/b15-3+;;. The second-order valence-electron chi connectivity index (χ2n) is 5.02. The Labute approximate surface area is 153 Å². The largest absolute Gasteiger partial charge is 0.370 e. The first-order chi connectivity index (χ1) is 12.1. The molecule has 0 saturated heterocycles. The zero-order chi connectivity index (χ0) is 19.1. The zero-order valence-corrected chi connectivity index (χ0v) is 16.5. The van der Waals surface area contributed by atoms with E-state index in [2.05, 4.69) is 84.8 Å². The molecule has 0 amide bonds. The summed E-state index contributed by atoms with van der Waals surface area (Å²) in [4.78, 5) is 3.66. The number of allylic oxidation sites excluding steroid dienone is 1. The van der Waals surface area contributed by atoms with E-state index in [1.807, 2.05) is 20.8 Å². The van der Waals surface area contributed by atoms with Crippen LogP contribution in [0.4, 0.5) is 0 Å². The van der Waals surface area contributed by atoms with Crippen LogP contribution < -0.4 is 11.1 Å². The maximum absolute atomic E-state index is 5.22. The molecule has 0 bridgehead atoms. The predicted molar refractivity (Wildman–Crippen MR) is 113 cm³/mol. The molecule has 0 fully saturated rings. The summed E-state index contributed by atoms with van der Waals surface area (Å²) in [5.41, 5.74) is 10.4. The molecule has 0 saturated carbocycles. The van der Waals surface area contributed by atoms with Gasteiger partial charge in [-0.25, -0.2) is 0 Å². The molecule has 3 nitrogen and oxygen atoms in total. The van der Waals surface area contributed by atoms with E-state index < -0.39 is 0 Å². The first-order valence-electron chi connectivity index (χ1n) is 8.87. The van der Waals surface area contributed by atoms with Crippen molar-refractivity contribution < 1.29 is 0 Å². The quantitative estimate of drug-likeness (QED) is 0.610. The van der Waals surface area contributed by atoms with E-state index in [4.69, 9.17) is 5.73 Å². The van der Waals surface area contributed by atoms with Gasteiger partial charge in [0.2, 0.25) is 0 Å². The maximum Gasteiger partial charge on any atom is 0.188 e. The van der Waals surface area contributed by atoms with Crippen LogP contribution in [0, 0.1) is 6.92 Å². The zero-order valence-electron chi connectivity index (χ0n) is 16.5. The van der Waals surface area contributed by atoms with Gasteiger partial charge >= 0.3 is 0 Å². The summed E-state index contributed by atoms with van der Waals surface area (Å²) in [6.45, 7) is 11.1. The molecular formula is C22H33N3. The molecule has 0 aliphatic carbocycles. The van der Waals surface area contributed by atoms with Crippen LogP contribution in [0.15, 0.2) is 65.7 Å².